The van der Waals surface area contributed by atoms with Crippen LogP contribution in [0, 0.1) is 12.8 Å². The van der Waals surface area contributed by atoms with Crippen LogP contribution in [0.2, 0.25) is 0 Å². The van der Waals surface area contributed by atoms with Gasteiger partial charge in [0.15, 0.2) is 5.78 Å². The molecule has 0 amide bonds. The Morgan fingerprint density at radius 1 is 1.19 bits per heavy atom. The van der Waals surface area contributed by atoms with Crippen molar-refractivity contribution >= 4 is 5.78 Å². The minimum absolute atomic E-state index is 0.115. The van der Waals surface area contributed by atoms with Gasteiger partial charge in [-0.1, -0.05) is 24.3 Å². The number of hydrogen-bond donors (Lipinski definition) is 1. The second kappa shape index (κ2) is 4.79. The lowest BCUT2D eigenvalue weighted by atomic mass is 9.82. The quantitative estimate of drug-likeness (QED) is 0.775. The number of ketones is 1. The van der Waals surface area contributed by atoms with E-state index in [4.69, 9.17) is 0 Å². The fourth-order valence-corrected chi connectivity index (χ4v) is 2.41. The zero-order chi connectivity index (χ0) is 11.5. The molecule has 1 aromatic rings. The molecular weight excluding hydrogens is 200 g/mol. The van der Waals surface area contributed by atoms with Gasteiger partial charge in [-0.15, -0.1) is 0 Å². The van der Waals surface area contributed by atoms with Gasteiger partial charge in [-0.05, 0) is 38.2 Å². The molecule has 0 atom stereocenters. The van der Waals surface area contributed by atoms with Crippen LogP contribution in [0.1, 0.15) is 41.6 Å². The summed E-state index contributed by atoms with van der Waals surface area (Å²) in [6.07, 6.45) is 2.99. The largest absolute Gasteiger partial charge is 0.393 e. The van der Waals surface area contributed by atoms with E-state index in [-0.39, 0.29) is 17.8 Å². The van der Waals surface area contributed by atoms with Gasteiger partial charge in [0.2, 0.25) is 0 Å². The van der Waals surface area contributed by atoms with Crippen LogP contribution in [0.4, 0.5) is 0 Å². The molecule has 1 aliphatic carbocycles. The number of rotatable bonds is 2. The van der Waals surface area contributed by atoms with Crippen LogP contribution in [-0.2, 0) is 0 Å². The van der Waals surface area contributed by atoms with E-state index < -0.39 is 0 Å². The van der Waals surface area contributed by atoms with E-state index in [0.717, 1.165) is 36.8 Å². The Morgan fingerprint density at radius 3 is 2.44 bits per heavy atom. The van der Waals surface area contributed by atoms with Crippen molar-refractivity contribution in [3.05, 3.63) is 35.4 Å². The molecule has 2 heteroatoms. The highest BCUT2D eigenvalue weighted by molar-refractivity contribution is 5.99. The SMILES string of the molecule is Cc1ccccc1C(=O)C1CCC(O)CC1. The zero-order valence-corrected chi connectivity index (χ0v) is 9.65. The molecule has 1 aromatic carbocycles. The number of aliphatic hydroxyl groups excluding tert-OH is 1. The summed E-state index contributed by atoms with van der Waals surface area (Å²) in [7, 11) is 0. The molecule has 0 radical (unpaired) electrons. The third kappa shape index (κ3) is 2.33. The Morgan fingerprint density at radius 2 is 1.81 bits per heavy atom. The molecule has 0 bridgehead atoms. The lowest BCUT2D eigenvalue weighted by Gasteiger charge is -2.24. The molecule has 0 unspecified atom stereocenters. The number of Topliss-reactive ketones (excluding diaryl/α,β-unsaturated/α-hetero) is 1. The van der Waals surface area contributed by atoms with Crippen molar-refractivity contribution < 1.29 is 9.90 Å². The van der Waals surface area contributed by atoms with Crippen molar-refractivity contribution in [3.63, 3.8) is 0 Å². The van der Waals surface area contributed by atoms with Gasteiger partial charge < -0.3 is 5.11 Å². The van der Waals surface area contributed by atoms with E-state index in [0.29, 0.717) is 0 Å². The van der Waals surface area contributed by atoms with Gasteiger partial charge in [0.1, 0.15) is 0 Å². The summed E-state index contributed by atoms with van der Waals surface area (Å²) in [6.45, 7) is 1.98. The predicted molar refractivity (Wildman–Crippen MR) is 63.5 cm³/mol. The highest BCUT2D eigenvalue weighted by Crippen LogP contribution is 2.28. The Labute approximate surface area is 96.3 Å². The number of benzene rings is 1. The van der Waals surface area contributed by atoms with Crippen molar-refractivity contribution in [2.45, 2.75) is 38.7 Å². The Kier molecular flexibility index (Phi) is 3.39. The summed E-state index contributed by atoms with van der Waals surface area (Å²) in [6, 6.07) is 7.75. The first kappa shape index (κ1) is 11.3. The van der Waals surface area contributed by atoms with Crippen LogP contribution in [-0.4, -0.2) is 17.0 Å². The minimum atomic E-state index is -0.194. The number of carbonyl (C=O) groups is 1. The highest BCUT2D eigenvalue weighted by atomic mass is 16.3. The summed E-state index contributed by atoms with van der Waals surface area (Å²) >= 11 is 0. The summed E-state index contributed by atoms with van der Waals surface area (Å²) in [5.41, 5.74) is 1.91. The highest BCUT2D eigenvalue weighted by Gasteiger charge is 2.26. The van der Waals surface area contributed by atoms with E-state index in [2.05, 4.69) is 0 Å². The molecule has 0 spiro atoms. The number of carbonyl (C=O) groups excluding carboxylic acids is 1. The summed E-state index contributed by atoms with van der Waals surface area (Å²) in [5, 5.41) is 9.42. The Hall–Kier alpha value is -1.15. The van der Waals surface area contributed by atoms with Gasteiger partial charge in [-0.3, -0.25) is 4.79 Å². The Bertz CT molecular complexity index is 376. The molecule has 2 nitrogen and oxygen atoms in total. The van der Waals surface area contributed by atoms with Gasteiger partial charge >= 0.3 is 0 Å². The number of aliphatic hydroxyl groups is 1. The van der Waals surface area contributed by atoms with Crippen LogP contribution < -0.4 is 0 Å². The van der Waals surface area contributed by atoms with Gasteiger partial charge in [0.25, 0.3) is 0 Å². The number of aryl methyl sites for hydroxylation is 1. The lowest BCUT2D eigenvalue weighted by molar-refractivity contribution is 0.0764. The van der Waals surface area contributed by atoms with Crippen LogP contribution >= 0.6 is 0 Å². The molecule has 1 N–H and O–H groups in total. The molecular formula is C14H18O2. The third-order valence-electron chi connectivity index (χ3n) is 3.48. The maximum Gasteiger partial charge on any atom is 0.166 e. The smallest absolute Gasteiger partial charge is 0.166 e. The van der Waals surface area contributed by atoms with Crippen molar-refractivity contribution in [1.29, 1.82) is 0 Å². The average molecular weight is 218 g/mol. The topological polar surface area (TPSA) is 37.3 Å². The van der Waals surface area contributed by atoms with Crippen LogP contribution in [0.25, 0.3) is 0 Å². The molecule has 16 heavy (non-hydrogen) atoms. The molecule has 0 aromatic heterocycles. The molecule has 86 valence electrons. The first-order chi connectivity index (χ1) is 7.68. The maximum atomic E-state index is 12.2. The van der Waals surface area contributed by atoms with Crippen molar-refractivity contribution in [1.82, 2.24) is 0 Å². The molecule has 1 aliphatic rings. The van der Waals surface area contributed by atoms with E-state index in [1.54, 1.807) is 0 Å². The van der Waals surface area contributed by atoms with Crippen LogP contribution in [0.3, 0.4) is 0 Å². The van der Waals surface area contributed by atoms with Crippen molar-refractivity contribution in [2.24, 2.45) is 5.92 Å². The average Bonchev–Trinajstić information content (AvgIpc) is 2.30. The standard InChI is InChI=1S/C14H18O2/c1-10-4-2-3-5-13(10)14(16)11-6-8-12(15)9-7-11/h2-5,11-12,15H,6-9H2,1H3. The summed E-state index contributed by atoms with van der Waals surface area (Å²) in [5.74, 6) is 0.370. The lowest BCUT2D eigenvalue weighted by Crippen LogP contribution is -2.24. The van der Waals surface area contributed by atoms with Crippen molar-refractivity contribution in [2.75, 3.05) is 0 Å². The fraction of sp³-hybridized carbons (Fsp3) is 0.500. The number of hydrogen-bond acceptors (Lipinski definition) is 2. The first-order valence-electron chi connectivity index (χ1n) is 5.96. The van der Waals surface area contributed by atoms with E-state index >= 15 is 0 Å². The second-order valence-electron chi connectivity index (χ2n) is 4.68. The summed E-state index contributed by atoms with van der Waals surface area (Å²) in [4.78, 5) is 12.2. The molecule has 1 saturated carbocycles. The third-order valence-corrected chi connectivity index (χ3v) is 3.48. The molecule has 0 aliphatic heterocycles. The summed E-state index contributed by atoms with van der Waals surface area (Å²) < 4.78 is 0. The second-order valence-corrected chi connectivity index (χ2v) is 4.68. The van der Waals surface area contributed by atoms with E-state index in [1.807, 2.05) is 31.2 Å². The fourth-order valence-electron chi connectivity index (χ4n) is 2.41. The zero-order valence-electron chi connectivity index (χ0n) is 9.65. The van der Waals surface area contributed by atoms with Crippen LogP contribution in [0.15, 0.2) is 24.3 Å². The van der Waals surface area contributed by atoms with Gasteiger partial charge in [0, 0.05) is 11.5 Å². The molecule has 2 rings (SSSR count). The molecule has 1 fully saturated rings. The maximum absolute atomic E-state index is 12.2. The predicted octanol–water partition coefficient (Wildman–Crippen LogP) is 2.73. The normalized spacial score (nSPS) is 25.4. The Balaban J connectivity index is 2.11. The van der Waals surface area contributed by atoms with Gasteiger partial charge in [0.05, 0.1) is 6.10 Å². The van der Waals surface area contributed by atoms with Crippen molar-refractivity contribution in [3.8, 4) is 0 Å². The van der Waals surface area contributed by atoms with E-state index in [1.165, 1.54) is 0 Å². The minimum Gasteiger partial charge on any atom is -0.393 e. The van der Waals surface area contributed by atoms with Gasteiger partial charge in [-0.2, -0.15) is 0 Å². The molecule has 0 saturated heterocycles. The van der Waals surface area contributed by atoms with E-state index in [9.17, 15) is 9.90 Å². The van der Waals surface area contributed by atoms with Crippen LogP contribution in [0.5, 0.6) is 0 Å². The molecule has 0 heterocycles. The first-order valence-corrected chi connectivity index (χ1v) is 5.96. The monoisotopic (exact) mass is 218 g/mol. The van der Waals surface area contributed by atoms with Gasteiger partial charge in [-0.25, -0.2) is 0 Å².